The molecule has 5 heteroatoms. The van der Waals surface area contributed by atoms with Crippen LogP contribution in [0.1, 0.15) is 24.8 Å². The van der Waals surface area contributed by atoms with Gasteiger partial charge in [0.15, 0.2) is 0 Å². The van der Waals surface area contributed by atoms with Gasteiger partial charge in [-0.05, 0) is 49.9 Å². The highest BCUT2D eigenvalue weighted by atomic mass is 15.3. The quantitative estimate of drug-likeness (QED) is 0.798. The van der Waals surface area contributed by atoms with Crippen LogP contribution in [0.5, 0.6) is 0 Å². The van der Waals surface area contributed by atoms with Gasteiger partial charge in [-0.1, -0.05) is 24.3 Å². The minimum atomic E-state index is 0.775. The summed E-state index contributed by atoms with van der Waals surface area (Å²) in [6.07, 6.45) is 12.2. The molecule has 27 heavy (non-hydrogen) atoms. The van der Waals surface area contributed by atoms with E-state index in [4.69, 9.17) is 4.98 Å². The van der Waals surface area contributed by atoms with E-state index in [1.165, 1.54) is 24.8 Å². The second-order valence-electron chi connectivity index (χ2n) is 7.43. The van der Waals surface area contributed by atoms with Gasteiger partial charge in [-0.15, -0.1) is 0 Å². The van der Waals surface area contributed by atoms with E-state index in [1.54, 1.807) is 0 Å². The summed E-state index contributed by atoms with van der Waals surface area (Å²) in [5.41, 5.74) is 1.30. The highest BCUT2D eigenvalue weighted by Crippen LogP contribution is 2.22. The van der Waals surface area contributed by atoms with Crippen LogP contribution < -0.4 is 15.1 Å². The normalized spacial score (nSPS) is 20.1. The molecule has 5 nitrogen and oxygen atoms in total. The largest absolute Gasteiger partial charge is 0.353 e. The van der Waals surface area contributed by atoms with Gasteiger partial charge >= 0.3 is 0 Å². The summed E-state index contributed by atoms with van der Waals surface area (Å²) >= 11 is 0. The third-order valence-electron chi connectivity index (χ3n) is 5.55. The lowest BCUT2D eigenvalue weighted by Crippen LogP contribution is -2.47. The average Bonchev–Trinajstić information content (AvgIpc) is 2.76. The molecule has 1 aliphatic heterocycles. The van der Waals surface area contributed by atoms with E-state index in [0.717, 1.165) is 56.8 Å². The fourth-order valence-electron chi connectivity index (χ4n) is 3.99. The maximum absolute atomic E-state index is 4.71. The first-order valence-electron chi connectivity index (χ1n) is 10.1. The summed E-state index contributed by atoms with van der Waals surface area (Å²) < 4.78 is 0. The van der Waals surface area contributed by atoms with E-state index >= 15 is 0 Å². The number of allylic oxidation sites excluding steroid dienone is 2. The predicted octanol–water partition coefficient (Wildman–Crippen LogP) is 3.25. The van der Waals surface area contributed by atoms with Crippen LogP contribution in [0.25, 0.3) is 0 Å². The Morgan fingerprint density at radius 2 is 1.78 bits per heavy atom. The third-order valence-corrected chi connectivity index (χ3v) is 5.55. The minimum absolute atomic E-state index is 0.775. The number of hydrogen-bond donors (Lipinski definition) is 1. The maximum atomic E-state index is 4.71. The van der Waals surface area contributed by atoms with Crippen LogP contribution in [0.15, 0.2) is 54.9 Å². The van der Waals surface area contributed by atoms with Crippen molar-refractivity contribution >= 4 is 11.6 Å². The smallest absolute Gasteiger partial charge is 0.133 e. The highest BCUT2D eigenvalue weighted by Gasteiger charge is 2.20. The van der Waals surface area contributed by atoms with E-state index in [0.29, 0.717) is 0 Å². The van der Waals surface area contributed by atoms with E-state index in [9.17, 15) is 0 Å². The third kappa shape index (κ3) is 4.66. The first kappa shape index (κ1) is 18.0. The molecular formula is C22H29N5. The lowest BCUT2D eigenvalue weighted by atomic mass is 9.94. The van der Waals surface area contributed by atoms with Crippen LogP contribution in [0, 0.1) is 5.92 Å². The lowest BCUT2D eigenvalue weighted by molar-refractivity contribution is 0.440. The number of nitrogens with one attached hydrogen (secondary N) is 1. The zero-order chi connectivity index (χ0) is 18.3. The summed E-state index contributed by atoms with van der Waals surface area (Å²) in [4.78, 5) is 14.0. The highest BCUT2D eigenvalue weighted by molar-refractivity contribution is 5.49. The summed E-state index contributed by atoms with van der Waals surface area (Å²) in [6, 6.07) is 10.4. The standard InChI is InChI=1S/C22H29N5/c1-2-7-19(8-3-1)17-23-18-20-9-6-12-25-22(20)27-15-13-26(14-16-27)21-10-4-5-11-24-21/h1-2,4-6,9-12,19,23H,3,7-8,13-18H2. The van der Waals surface area contributed by atoms with Crippen molar-refractivity contribution in [2.45, 2.75) is 25.8 Å². The van der Waals surface area contributed by atoms with Crippen molar-refractivity contribution in [3.63, 3.8) is 0 Å². The fourth-order valence-corrected chi connectivity index (χ4v) is 3.99. The molecule has 0 saturated carbocycles. The molecule has 142 valence electrons. The Morgan fingerprint density at radius 3 is 2.56 bits per heavy atom. The van der Waals surface area contributed by atoms with E-state index < -0.39 is 0 Å². The lowest BCUT2D eigenvalue weighted by Gasteiger charge is -2.36. The van der Waals surface area contributed by atoms with Crippen molar-refractivity contribution < 1.29 is 0 Å². The molecule has 2 aliphatic rings. The molecule has 1 fully saturated rings. The number of nitrogens with zero attached hydrogens (tertiary/aromatic N) is 4. The van der Waals surface area contributed by atoms with Crippen LogP contribution >= 0.6 is 0 Å². The molecule has 1 saturated heterocycles. The molecule has 1 N–H and O–H groups in total. The number of anilines is 2. The van der Waals surface area contributed by atoms with E-state index in [2.05, 4.69) is 50.5 Å². The maximum Gasteiger partial charge on any atom is 0.133 e. The zero-order valence-corrected chi connectivity index (χ0v) is 15.9. The molecule has 0 radical (unpaired) electrons. The van der Waals surface area contributed by atoms with Gasteiger partial charge in [0, 0.05) is 50.7 Å². The van der Waals surface area contributed by atoms with Crippen molar-refractivity contribution in [3.05, 3.63) is 60.4 Å². The topological polar surface area (TPSA) is 44.3 Å². The summed E-state index contributed by atoms with van der Waals surface area (Å²) in [7, 11) is 0. The SMILES string of the molecule is C1=CCC(CNCc2cccnc2N2CCN(c3ccccn3)CC2)CC1. The second-order valence-corrected chi connectivity index (χ2v) is 7.43. The first-order valence-corrected chi connectivity index (χ1v) is 10.1. The molecule has 0 spiro atoms. The van der Waals surface area contributed by atoms with Gasteiger partial charge in [-0.2, -0.15) is 0 Å². The van der Waals surface area contributed by atoms with E-state index in [-0.39, 0.29) is 0 Å². The molecule has 1 aliphatic carbocycles. The molecule has 2 aromatic rings. The Kier molecular flexibility index (Phi) is 5.99. The van der Waals surface area contributed by atoms with Crippen molar-refractivity contribution in [1.29, 1.82) is 0 Å². The van der Waals surface area contributed by atoms with Gasteiger partial charge < -0.3 is 15.1 Å². The van der Waals surface area contributed by atoms with Crippen LogP contribution in [0.3, 0.4) is 0 Å². The Hall–Kier alpha value is -2.40. The van der Waals surface area contributed by atoms with Crippen LogP contribution in [-0.2, 0) is 6.54 Å². The van der Waals surface area contributed by atoms with Gasteiger partial charge in [0.05, 0.1) is 0 Å². The van der Waals surface area contributed by atoms with Crippen molar-refractivity contribution in [3.8, 4) is 0 Å². The van der Waals surface area contributed by atoms with Crippen LogP contribution in [0.2, 0.25) is 0 Å². The van der Waals surface area contributed by atoms with E-state index in [1.807, 2.05) is 24.5 Å². The fraction of sp³-hybridized carbons (Fsp3) is 0.455. The first-order chi connectivity index (χ1) is 13.4. The number of pyridine rings is 2. The number of rotatable bonds is 6. The molecule has 2 aromatic heterocycles. The summed E-state index contributed by atoms with van der Waals surface area (Å²) in [6.45, 7) is 5.90. The molecule has 1 atom stereocenters. The Bertz CT molecular complexity index is 737. The Balaban J connectivity index is 1.33. The Labute approximate surface area is 162 Å². The second kappa shape index (κ2) is 9.00. The summed E-state index contributed by atoms with van der Waals surface area (Å²) in [5, 5.41) is 3.66. The Morgan fingerprint density at radius 1 is 0.926 bits per heavy atom. The molecule has 1 unspecified atom stereocenters. The van der Waals surface area contributed by atoms with Crippen LogP contribution in [0.4, 0.5) is 11.6 Å². The number of aromatic nitrogens is 2. The monoisotopic (exact) mass is 363 g/mol. The molecule has 0 bridgehead atoms. The predicted molar refractivity (Wildman–Crippen MR) is 111 cm³/mol. The van der Waals surface area contributed by atoms with Crippen LogP contribution in [-0.4, -0.2) is 42.7 Å². The molecule has 0 aromatic carbocycles. The zero-order valence-electron chi connectivity index (χ0n) is 15.9. The van der Waals surface area contributed by atoms with Gasteiger partial charge in [0.25, 0.3) is 0 Å². The van der Waals surface area contributed by atoms with Gasteiger partial charge in [-0.3, -0.25) is 0 Å². The molecule has 3 heterocycles. The van der Waals surface area contributed by atoms with Crippen molar-refractivity contribution in [2.75, 3.05) is 42.5 Å². The number of piperazine rings is 1. The van der Waals surface area contributed by atoms with Crippen molar-refractivity contribution in [2.24, 2.45) is 5.92 Å². The van der Waals surface area contributed by atoms with Gasteiger partial charge in [-0.25, -0.2) is 9.97 Å². The molecule has 0 amide bonds. The van der Waals surface area contributed by atoms with Gasteiger partial charge in [0.2, 0.25) is 0 Å². The average molecular weight is 364 g/mol. The summed E-state index contributed by atoms with van der Waals surface area (Å²) in [5.74, 6) is 2.98. The van der Waals surface area contributed by atoms with Gasteiger partial charge in [0.1, 0.15) is 11.6 Å². The molecule has 4 rings (SSSR count). The number of hydrogen-bond acceptors (Lipinski definition) is 5. The minimum Gasteiger partial charge on any atom is -0.353 e. The van der Waals surface area contributed by atoms with Crippen molar-refractivity contribution in [1.82, 2.24) is 15.3 Å². The molecular weight excluding hydrogens is 334 g/mol.